The molecule has 0 spiro atoms. The lowest BCUT2D eigenvalue weighted by Crippen LogP contribution is -2.26. The monoisotopic (exact) mass is 305 g/mol. The van der Waals surface area contributed by atoms with E-state index < -0.39 is 0 Å². The lowest BCUT2D eigenvalue weighted by molar-refractivity contribution is 0.399. The van der Waals surface area contributed by atoms with Gasteiger partial charge in [-0.3, -0.25) is 18.9 Å². The molecule has 5 nitrogen and oxygen atoms in total. The van der Waals surface area contributed by atoms with Gasteiger partial charge in [0.15, 0.2) is 4.77 Å². The highest BCUT2D eigenvalue weighted by atomic mass is 32.1. The summed E-state index contributed by atoms with van der Waals surface area (Å²) in [6, 6.07) is 0. The summed E-state index contributed by atoms with van der Waals surface area (Å²) in [5.41, 5.74) is 2.53. The highest BCUT2D eigenvalue weighted by Gasteiger charge is 2.16. The van der Waals surface area contributed by atoms with Crippen LogP contribution in [-0.4, -0.2) is 20.0 Å². The van der Waals surface area contributed by atoms with Crippen LogP contribution in [0.15, 0.2) is 27.1 Å². The summed E-state index contributed by atoms with van der Waals surface area (Å²) in [5, 5.41) is 10.4. The Kier molecular flexibility index (Phi) is 4.27. The predicted molar refractivity (Wildman–Crippen MR) is 87.4 cm³/mol. The first-order chi connectivity index (χ1) is 9.90. The van der Waals surface area contributed by atoms with Crippen LogP contribution in [-0.2, 0) is 13.1 Å². The van der Waals surface area contributed by atoms with Crippen LogP contribution in [0.3, 0.4) is 0 Å². The van der Waals surface area contributed by atoms with E-state index in [1.54, 1.807) is 10.6 Å². The van der Waals surface area contributed by atoms with Crippen molar-refractivity contribution < 1.29 is 5.11 Å². The van der Waals surface area contributed by atoms with Crippen LogP contribution in [0.4, 0.5) is 0 Å². The normalized spacial score (nSPS) is 16.3. The lowest BCUT2D eigenvalue weighted by atomic mass is 10.1. The van der Waals surface area contributed by atoms with E-state index in [0.717, 1.165) is 17.0 Å². The summed E-state index contributed by atoms with van der Waals surface area (Å²) in [6.45, 7) is 8.48. The van der Waals surface area contributed by atoms with Gasteiger partial charge in [-0.15, -0.1) is 0 Å². The van der Waals surface area contributed by atoms with Crippen molar-refractivity contribution in [2.45, 2.75) is 40.8 Å². The zero-order valence-corrected chi connectivity index (χ0v) is 13.5. The molecule has 0 saturated carbocycles. The fourth-order valence-corrected chi connectivity index (χ4v) is 2.82. The molecule has 0 bridgehead atoms. The predicted octanol–water partition coefficient (Wildman–Crippen LogP) is 2.89. The van der Waals surface area contributed by atoms with Crippen LogP contribution in [0, 0.1) is 4.77 Å². The van der Waals surface area contributed by atoms with Crippen molar-refractivity contribution in [1.82, 2.24) is 9.13 Å². The Balaban J connectivity index is 2.77. The molecule has 2 rings (SSSR count). The third-order valence-corrected chi connectivity index (χ3v) is 3.93. The molecule has 2 heterocycles. The molecule has 0 aromatic carbocycles. The van der Waals surface area contributed by atoms with Gasteiger partial charge in [0.05, 0.1) is 0 Å². The molecule has 0 aliphatic carbocycles. The zero-order valence-electron chi connectivity index (χ0n) is 12.7. The zero-order chi connectivity index (χ0) is 15.7. The van der Waals surface area contributed by atoms with Crippen molar-refractivity contribution in [3.8, 4) is 5.88 Å². The molecule has 1 aliphatic rings. The topological polar surface area (TPSA) is 59.5 Å². The first-order valence-electron chi connectivity index (χ1n) is 6.92. The molecular weight excluding hydrogens is 286 g/mol. The lowest BCUT2D eigenvalue weighted by Gasteiger charge is -2.14. The minimum Gasteiger partial charge on any atom is -0.494 e. The van der Waals surface area contributed by atoms with Gasteiger partial charge in [-0.2, -0.15) is 0 Å². The van der Waals surface area contributed by atoms with Crippen molar-refractivity contribution in [1.29, 1.82) is 0 Å². The van der Waals surface area contributed by atoms with Crippen molar-refractivity contribution in [2.75, 3.05) is 0 Å². The Morgan fingerprint density at radius 3 is 2.38 bits per heavy atom. The van der Waals surface area contributed by atoms with Gasteiger partial charge in [0.2, 0.25) is 5.88 Å². The number of allylic oxidation sites excluding steroid dienone is 3. The van der Waals surface area contributed by atoms with E-state index in [9.17, 15) is 9.90 Å². The molecule has 1 aromatic rings. The average Bonchev–Trinajstić information content (AvgIpc) is 2.74. The van der Waals surface area contributed by atoms with E-state index in [2.05, 4.69) is 4.99 Å². The maximum absolute atomic E-state index is 12.5. The van der Waals surface area contributed by atoms with E-state index in [4.69, 9.17) is 12.2 Å². The largest absolute Gasteiger partial charge is 0.494 e. The number of hydrogen-bond acceptors (Lipinski definition) is 4. The summed E-state index contributed by atoms with van der Waals surface area (Å²) in [7, 11) is 0. The van der Waals surface area contributed by atoms with Crippen LogP contribution in [0.2, 0.25) is 0 Å². The molecule has 0 amide bonds. The van der Waals surface area contributed by atoms with Crippen LogP contribution in [0.1, 0.15) is 33.3 Å². The minimum absolute atomic E-state index is 0.0875. The summed E-state index contributed by atoms with van der Waals surface area (Å²) in [4.78, 5) is 16.8. The molecule has 0 fully saturated rings. The molecule has 1 N–H and O–H groups in total. The second-order valence-corrected chi connectivity index (χ2v) is 5.26. The van der Waals surface area contributed by atoms with E-state index in [-0.39, 0.29) is 17.0 Å². The number of nitrogens with zero attached hydrogens (tertiary/aromatic N) is 3. The van der Waals surface area contributed by atoms with E-state index in [0.29, 0.717) is 17.9 Å². The van der Waals surface area contributed by atoms with E-state index >= 15 is 0 Å². The standard InChI is InChI=1S/C15H19N3O2S/c1-5-17-13(19)12(14(20)18(6-2)15(17)21)8-11-7-9(3)16-10(11)4/h7-8,19H,5-6H2,1-4H3/b11-8+. The third-order valence-electron chi connectivity index (χ3n) is 3.49. The van der Waals surface area contributed by atoms with Crippen molar-refractivity contribution in [3.63, 3.8) is 0 Å². The summed E-state index contributed by atoms with van der Waals surface area (Å²) >= 11 is 5.26. The van der Waals surface area contributed by atoms with Crippen LogP contribution in [0.5, 0.6) is 5.88 Å². The Labute approximate surface area is 128 Å². The number of rotatable bonds is 3. The molecule has 0 radical (unpaired) electrons. The highest BCUT2D eigenvalue weighted by Crippen LogP contribution is 2.22. The molecule has 0 atom stereocenters. The van der Waals surface area contributed by atoms with E-state index in [1.165, 1.54) is 4.57 Å². The van der Waals surface area contributed by atoms with Gasteiger partial charge in [-0.1, -0.05) is 0 Å². The second kappa shape index (κ2) is 5.81. The quantitative estimate of drug-likeness (QED) is 0.874. The molecule has 112 valence electrons. The minimum atomic E-state index is -0.275. The van der Waals surface area contributed by atoms with Crippen LogP contribution >= 0.6 is 12.2 Å². The maximum Gasteiger partial charge on any atom is 0.265 e. The van der Waals surface area contributed by atoms with Crippen molar-refractivity contribution in [3.05, 3.63) is 38.0 Å². The molecule has 0 saturated heterocycles. The average molecular weight is 305 g/mol. The summed E-state index contributed by atoms with van der Waals surface area (Å²) in [6.07, 6.45) is 3.57. The smallest absolute Gasteiger partial charge is 0.265 e. The van der Waals surface area contributed by atoms with Gasteiger partial charge in [0.25, 0.3) is 5.56 Å². The molecular formula is C15H19N3O2S. The SMILES string of the molecule is CCn1c(O)c(/C=C2\C=C(C)N=C2C)c(=O)n(CC)c1=S. The van der Waals surface area contributed by atoms with Crippen molar-refractivity contribution in [2.24, 2.45) is 4.99 Å². The van der Waals surface area contributed by atoms with Gasteiger partial charge >= 0.3 is 0 Å². The Bertz CT molecular complexity index is 794. The van der Waals surface area contributed by atoms with Gasteiger partial charge in [0.1, 0.15) is 5.56 Å². The Hall–Kier alpha value is -1.95. The van der Waals surface area contributed by atoms with Gasteiger partial charge in [-0.25, -0.2) is 0 Å². The number of hydrogen-bond donors (Lipinski definition) is 1. The fourth-order valence-electron chi connectivity index (χ4n) is 2.39. The maximum atomic E-state index is 12.5. The summed E-state index contributed by atoms with van der Waals surface area (Å²) in [5.74, 6) is -0.0875. The number of aromatic nitrogens is 2. The number of aliphatic imine (C=N–C) groups is 1. The second-order valence-electron chi connectivity index (χ2n) is 4.90. The molecule has 1 aliphatic heterocycles. The first-order valence-corrected chi connectivity index (χ1v) is 7.33. The first kappa shape index (κ1) is 15.4. The van der Waals surface area contributed by atoms with Crippen molar-refractivity contribution >= 4 is 24.0 Å². The van der Waals surface area contributed by atoms with Crippen LogP contribution < -0.4 is 5.56 Å². The fraction of sp³-hybridized carbons (Fsp3) is 0.400. The van der Waals surface area contributed by atoms with E-state index in [1.807, 2.05) is 33.8 Å². The highest BCUT2D eigenvalue weighted by molar-refractivity contribution is 7.71. The third kappa shape index (κ3) is 2.63. The van der Waals surface area contributed by atoms with Gasteiger partial charge in [0, 0.05) is 24.5 Å². The summed E-state index contributed by atoms with van der Waals surface area (Å²) < 4.78 is 3.39. The molecule has 6 heteroatoms. The number of aromatic hydroxyl groups is 1. The molecule has 1 aromatic heterocycles. The Morgan fingerprint density at radius 2 is 1.90 bits per heavy atom. The molecule has 21 heavy (non-hydrogen) atoms. The van der Waals surface area contributed by atoms with Gasteiger partial charge < -0.3 is 5.11 Å². The van der Waals surface area contributed by atoms with Crippen LogP contribution in [0.25, 0.3) is 6.08 Å². The Morgan fingerprint density at radius 1 is 1.29 bits per heavy atom. The molecule has 0 unspecified atom stereocenters. The van der Waals surface area contributed by atoms with Gasteiger partial charge in [-0.05, 0) is 57.6 Å².